The molecule has 114 valence electrons. The molecule has 0 bridgehead atoms. The fourth-order valence-electron chi connectivity index (χ4n) is 2.92. The van der Waals surface area contributed by atoms with Gasteiger partial charge in [0, 0.05) is 18.6 Å². The highest BCUT2D eigenvalue weighted by atomic mass is 16.4. The Balaban J connectivity index is 1.73. The zero-order chi connectivity index (χ0) is 14.8. The number of hydrogen-bond donors (Lipinski definition) is 4. The molecule has 4 N–H and O–H groups in total. The Bertz CT molecular complexity index is 386. The third kappa shape index (κ3) is 3.61. The van der Waals surface area contributed by atoms with Crippen molar-refractivity contribution < 1.29 is 19.8 Å². The SMILES string of the molecule is CC(O)(CNC(=O)NC1CCN2CCCC2C1)C(=O)O. The van der Waals surface area contributed by atoms with Crippen LogP contribution in [0.5, 0.6) is 0 Å². The fourth-order valence-corrected chi connectivity index (χ4v) is 2.92. The third-order valence-electron chi connectivity index (χ3n) is 4.21. The summed E-state index contributed by atoms with van der Waals surface area (Å²) < 4.78 is 0. The molecule has 2 heterocycles. The van der Waals surface area contributed by atoms with Gasteiger partial charge in [-0.05, 0) is 39.2 Å². The van der Waals surface area contributed by atoms with Crippen LogP contribution in [0.25, 0.3) is 0 Å². The van der Waals surface area contributed by atoms with E-state index in [9.17, 15) is 14.7 Å². The maximum atomic E-state index is 11.7. The van der Waals surface area contributed by atoms with Crippen LogP contribution in [0.15, 0.2) is 0 Å². The van der Waals surface area contributed by atoms with Crippen LogP contribution in [-0.4, -0.2) is 64.4 Å². The van der Waals surface area contributed by atoms with Crippen molar-refractivity contribution in [1.29, 1.82) is 0 Å². The highest BCUT2D eigenvalue weighted by molar-refractivity contribution is 5.79. The number of carbonyl (C=O) groups excluding carboxylic acids is 1. The topological polar surface area (TPSA) is 102 Å². The number of aliphatic hydroxyl groups is 1. The van der Waals surface area contributed by atoms with Crippen molar-refractivity contribution in [2.75, 3.05) is 19.6 Å². The number of rotatable bonds is 4. The van der Waals surface area contributed by atoms with Crippen LogP contribution in [-0.2, 0) is 4.79 Å². The Morgan fingerprint density at radius 3 is 2.80 bits per heavy atom. The lowest BCUT2D eigenvalue weighted by atomic mass is 9.98. The summed E-state index contributed by atoms with van der Waals surface area (Å²) in [5.74, 6) is -1.35. The zero-order valence-corrected chi connectivity index (χ0v) is 11.8. The van der Waals surface area contributed by atoms with E-state index in [4.69, 9.17) is 5.11 Å². The van der Waals surface area contributed by atoms with E-state index in [0.29, 0.717) is 6.04 Å². The molecule has 0 aromatic carbocycles. The third-order valence-corrected chi connectivity index (χ3v) is 4.21. The van der Waals surface area contributed by atoms with Gasteiger partial charge in [0.1, 0.15) is 0 Å². The van der Waals surface area contributed by atoms with Gasteiger partial charge in [0.25, 0.3) is 0 Å². The van der Waals surface area contributed by atoms with Gasteiger partial charge in [-0.25, -0.2) is 9.59 Å². The predicted octanol–water partition coefficient (Wildman–Crippen LogP) is -0.252. The van der Waals surface area contributed by atoms with Crippen LogP contribution >= 0.6 is 0 Å². The second-order valence-electron chi connectivity index (χ2n) is 5.96. The Kier molecular flexibility index (Phi) is 4.49. The fraction of sp³-hybridized carbons (Fsp3) is 0.846. The first kappa shape index (κ1) is 15.1. The Hall–Kier alpha value is -1.34. The number of nitrogens with zero attached hydrogens (tertiary/aromatic N) is 1. The molecule has 3 atom stereocenters. The van der Waals surface area contributed by atoms with Gasteiger partial charge >= 0.3 is 12.0 Å². The summed E-state index contributed by atoms with van der Waals surface area (Å²) in [5.41, 5.74) is -1.94. The van der Waals surface area contributed by atoms with Crippen molar-refractivity contribution in [3.05, 3.63) is 0 Å². The molecule has 0 aromatic rings. The molecule has 2 amide bonds. The quantitative estimate of drug-likeness (QED) is 0.570. The molecule has 0 saturated carbocycles. The molecule has 2 aliphatic heterocycles. The number of fused-ring (bicyclic) bond motifs is 1. The second-order valence-corrected chi connectivity index (χ2v) is 5.96. The summed E-state index contributed by atoms with van der Waals surface area (Å²) in [5, 5.41) is 23.6. The summed E-state index contributed by atoms with van der Waals surface area (Å²) in [7, 11) is 0. The standard InChI is InChI=1S/C13H23N3O4/c1-13(20,11(17)18)8-14-12(19)15-9-4-6-16-5-2-3-10(16)7-9/h9-10,20H,2-8H2,1H3,(H,17,18)(H2,14,15,19). The van der Waals surface area contributed by atoms with Crippen molar-refractivity contribution in [1.82, 2.24) is 15.5 Å². The molecule has 0 radical (unpaired) electrons. The van der Waals surface area contributed by atoms with Crippen LogP contribution in [0.4, 0.5) is 4.79 Å². The summed E-state index contributed by atoms with van der Waals surface area (Å²) >= 11 is 0. The van der Waals surface area contributed by atoms with Gasteiger partial charge in [-0.3, -0.25) is 0 Å². The number of carbonyl (C=O) groups is 2. The maximum absolute atomic E-state index is 11.7. The minimum Gasteiger partial charge on any atom is -0.479 e. The summed E-state index contributed by atoms with van der Waals surface area (Å²) in [6, 6.07) is 0.281. The van der Waals surface area contributed by atoms with E-state index in [1.807, 2.05) is 0 Å². The monoisotopic (exact) mass is 285 g/mol. The van der Waals surface area contributed by atoms with E-state index in [0.717, 1.165) is 32.9 Å². The highest BCUT2D eigenvalue weighted by Crippen LogP contribution is 2.26. The lowest BCUT2D eigenvalue weighted by molar-refractivity contribution is -0.155. The molecular weight excluding hydrogens is 262 g/mol. The van der Waals surface area contributed by atoms with Crippen LogP contribution in [0.3, 0.4) is 0 Å². The number of carboxylic acid groups (broad SMARTS) is 1. The average molecular weight is 285 g/mol. The molecule has 2 saturated heterocycles. The Morgan fingerprint density at radius 2 is 2.10 bits per heavy atom. The summed E-state index contributed by atoms with van der Waals surface area (Å²) in [6.07, 6.45) is 4.28. The molecular formula is C13H23N3O4. The van der Waals surface area contributed by atoms with Gasteiger partial charge in [0.15, 0.2) is 5.60 Å². The lowest BCUT2D eigenvalue weighted by Gasteiger charge is -2.35. The molecule has 7 heteroatoms. The first-order valence-corrected chi connectivity index (χ1v) is 7.12. The number of piperidine rings is 1. The molecule has 0 aromatic heterocycles. The summed E-state index contributed by atoms with van der Waals surface area (Å²) in [6.45, 7) is 3.01. The molecule has 2 rings (SSSR count). The minimum atomic E-state index is -1.94. The zero-order valence-electron chi connectivity index (χ0n) is 11.8. The summed E-state index contributed by atoms with van der Waals surface area (Å²) in [4.78, 5) is 24.9. The number of urea groups is 1. The smallest absolute Gasteiger partial charge is 0.337 e. The lowest BCUT2D eigenvalue weighted by Crippen LogP contribution is -2.53. The van der Waals surface area contributed by atoms with Crippen molar-refractivity contribution in [2.45, 2.75) is 50.3 Å². The molecule has 0 aliphatic carbocycles. The maximum Gasteiger partial charge on any atom is 0.337 e. The van der Waals surface area contributed by atoms with Crippen molar-refractivity contribution in [2.24, 2.45) is 0 Å². The van der Waals surface area contributed by atoms with Crippen LogP contribution < -0.4 is 10.6 Å². The first-order valence-electron chi connectivity index (χ1n) is 7.12. The molecule has 2 aliphatic rings. The van der Waals surface area contributed by atoms with Crippen molar-refractivity contribution in [3.8, 4) is 0 Å². The van der Waals surface area contributed by atoms with Gasteiger partial charge in [0.05, 0.1) is 6.54 Å². The van der Waals surface area contributed by atoms with E-state index in [-0.39, 0.29) is 12.6 Å². The van der Waals surface area contributed by atoms with Crippen LogP contribution in [0.1, 0.15) is 32.6 Å². The van der Waals surface area contributed by atoms with Gasteiger partial charge < -0.3 is 25.7 Å². The molecule has 20 heavy (non-hydrogen) atoms. The molecule has 2 fully saturated rings. The normalized spacial score (nSPS) is 29.3. The van der Waals surface area contributed by atoms with Gasteiger partial charge in [-0.2, -0.15) is 0 Å². The van der Waals surface area contributed by atoms with Crippen LogP contribution in [0, 0.1) is 0 Å². The number of amides is 2. The number of carboxylic acids is 1. The van der Waals surface area contributed by atoms with E-state index in [2.05, 4.69) is 15.5 Å². The van der Waals surface area contributed by atoms with Crippen molar-refractivity contribution >= 4 is 12.0 Å². The average Bonchev–Trinajstić information content (AvgIpc) is 2.83. The molecule has 3 unspecified atom stereocenters. The van der Waals surface area contributed by atoms with Gasteiger partial charge in [-0.1, -0.05) is 0 Å². The van der Waals surface area contributed by atoms with E-state index in [1.165, 1.54) is 12.8 Å². The first-order chi connectivity index (χ1) is 9.38. The minimum absolute atomic E-state index is 0.129. The largest absolute Gasteiger partial charge is 0.479 e. The van der Waals surface area contributed by atoms with E-state index >= 15 is 0 Å². The van der Waals surface area contributed by atoms with Crippen molar-refractivity contribution in [3.63, 3.8) is 0 Å². The number of hydrogen-bond acceptors (Lipinski definition) is 4. The molecule has 7 nitrogen and oxygen atoms in total. The van der Waals surface area contributed by atoms with Crippen LogP contribution in [0.2, 0.25) is 0 Å². The predicted molar refractivity (Wildman–Crippen MR) is 72.4 cm³/mol. The second kappa shape index (κ2) is 5.97. The Morgan fingerprint density at radius 1 is 1.35 bits per heavy atom. The Labute approximate surface area is 118 Å². The van der Waals surface area contributed by atoms with Gasteiger partial charge in [0.2, 0.25) is 0 Å². The number of nitrogens with one attached hydrogen (secondary N) is 2. The number of aliphatic carboxylic acids is 1. The van der Waals surface area contributed by atoms with E-state index < -0.39 is 17.6 Å². The molecule has 0 spiro atoms. The van der Waals surface area contributed by atoms with Gasteiger partial charge in [-0.15, -0.1) is 0 Å². The van der Waals surface area contributed by atoms with E-state index in [1.54, 1.807) is 0 Å². The highest BCUT2D eigenvalue weighted by Gasteiger charge is 2.33.